The van der Waals surface area contributed by atoms with E-state index in [2.05, 4.69) is 243 Å². The first-order valence-electron chi connectivity index (χ1n) is 24.1. The van der Waals surface area contributed by atoms with Gasteiger partial charge in [0.15, 0.2) is 0 Å². The summed E-state index contributed by atoms with van der Waals surface area (Å²) in [5.74, 6) is 0. The summed E-state index contributed by atoms with van der Waals surface area (Å²) in [6.07, 6.45) is 0. The summed E-state index contributed by atoms with van der Waals surface area (Å²) in [5.41, 5.74) is 18.5. The first-order chi connectivity index (χ1) is 34.4. The van der Waals surface area contributed by atoms with Crippen molar-refractivity contribution in [3.63, 3.8) is 0 Å². The van der Waals surface area contributed by atoms with Crippen molar-refractivity contribution in [2.24, 2.45) is 0 Å². The van der Waals surface area contributed by atoms with E-state index in [4.69, 9.17) is 0 Å². The van der Waals surface area contributed by atoms with Gasteiger partial charge in [-0.2, -0.15) is 5.26 Å². The maximum absolute atomic E-state index is 9.65. The predicted octanol–water partition coefficient (Wildman–Crippen LogP) is 18.6. The number of rotatable bonds is 7. The highest BCUT2D eigenvalue weighted by Gasteiger charge is 2.35. The second kappa shape index (κ2) is 16.3. The van der Waals surface area contributed by atoms with Crippen molar-refractivity contribution in [2.45, 2.75) is 19.3 Å². The minimum atomic E-state index is -0.130. The van der Waals surface area contributed by atoms with E-state index < -0.39 is 0 Å². The van der Waals surface area contributed by atoms with Crippen molar-refractivity contribution >= 4 is 60.2 Å². The number of fused-ring (bicyclic) bond motifs is 7. The van der Waals surface area contributed by atoms with Crippen LogP contribution in [0.25, 0.3) is 98.7 Å². The van der Waals surface area contributed by atoms with Gasteiger partial charge in [0.1, 0.15) is 0 Å². The van der Waals surface area contributed by atoms with Crippen molar-refractivity contribution < 1.29 is 0 Å². The highest BCUT2D eigenvalue weighted by molar-refractivity contribution is 6.25. The van der Waals surface area contributed by atoms with Crippen LogP contribution in [0.15, 0.2) is 243 Å². The van der Waals surface area contributed by atoms with E-state index in [1.54, 1.807) is 0 Å². The molecule has 0 atom stereocenters. The molecule has 0 radical (unpaired) electrons. The first-order valence-corrected chi connectivity index (χ1v) is 24.1. The van der Waals surface area contributed by atoms with Gasteiger partial charge >= 0.3 is 0 Å². The largest absolute Gasteiger partial charge is 0.310 e. The van der Waals surface area contributed by atoms with E-state index >= 15 is 0 Å². The van der Waals surface area contributed by atoms with Crippen LogP contribution in [-0.4, -0.2) is 0 Å². The third kappa shape index (κ3) is 6.62. The highest BCUT2D eigenvalue weighted by atomic mass is 15.1. The van der Waals surface area contributed by atoms with Crippen molar-refractivity contribution in [1.82, 2.24) is 0 Å². The standard InChI is InChI=1S/C68H46N2/c1-68(2)64-24-10-9-19-56(64)57-40-38-53(42-65(57)68)70(51-34-25-44(43-69)26-35-51)52-36-31-46(32-37-52)45-27-29-47(30-28-45)50-33-39-62-63(41-50)67(59-23-12-16-49-14-4-6-18-55(49)59)61-21-8-7-20-60(61)66(62)58-22-11-15-48-13-3-5-17-54(48)58/h3-42H,1-2H3. The van der Waals surface area contributed by atoms with Crippen LogP contribution in [0.2, 0.25) is 0 Å². The summed E-state index contributed by atoms with van der Waals surface area (Å²) < 4.78 is 0. The Hall–Kier alpha value is -9.03. The summed E-state index contributed by atoms with van der Waals surface area (Å²) in [7, 11) is 0. The summed E-state index contributed by atoms with van der Waals surface area (Å²) >= 11 is 0. The van der Waals surface area contributed by atoms with E-state index in [-0.39, 0.29) is 5.41 Å². The zero-order valence-electron chi connectivity index (χ0n) is 39.0. The van der Waals surface area contributed by atoms with Crippen LogP contribution in [0, 0.1) is 11.3 Å². The number of hydrogen-bond acceptors (Lipinski definition) is 2. The van der Waals surface area contributed by atoms with E-state index in [1.165, 1.54) is 98.7 Å². The van der Waals surface area contributed by atoms with E-state index in [9.17, 15) is 5.26 Å². The van der Waals surface area contributed by atoms with Gasteiger partial charge in [0, 0.05) is 22.5 Å². The van der Waals surface area contributed by atoms with Gasteiger partial charge in [-0.05, 0) is 164 Å². The molecular formula is C68H46N2. The lowest BCUT2D eigenvalue weighted by atomic mass is 9.82. The van der Waals surface area contributed by atoms with Gasteiger partial charge in [0.05, 0.1) is 11.6 Å². The molecule has 12 aromatic carbocycles. The normalized spacial score (nSPS) is 12.5. The molecule has 0 unspecified atom stereocenters. The summed E-state index contributed by atoms with van der Waals surface area (Å²) in [6, 6.07) is 90.7. The summed E-state index contributed by atoms with van der Waals surface area (Å²) in [4.78, 5) is 2.30. The Balaban J connectivity index is 0.905. The summed E-state index contributed by atoms with van der Waals surface area (Å²) in [5, 5.41) is 19.6. The lowest BCUT2D eigenvalue weighted by molar-refractivity contribution is 0.660. The van der Waals surface area contributed by atoms with Crippen LogP contribution in [0.5, 0.6) is 0 Å². The van der Waals surface area contributed by atoms with Crippen molar-refractivity contribution in [2.75, 3.05) is 4.90 Å². The Morgan fingerprint density at radius 3 is 1.37 bits per heavy atom. The van der Waals surface area contributed by atoms with E-state index in [0.717, 1.165) is 28.2 Å². The number of anilines is 3. The van der Waals surface area contributed by atoms with E-state index in [0.29, 0.717) is 5.56 Å². The fraction of sp³-hybridized carbons (Fsp3) is 0.0441. The van der Waals surface area contributed by atoms with E-state index in [1.807, 2.05) is 24.3 Å². The van der Waals surface area contributed by atoms with Crippen LogP contribution in [-0.2, 0) is 5.41 Å². The monoisotopic (exact) mass is 890 g/mol. The molecule has 1 aliphatic rings. The Bertz CT molecular complexity index is 4070. The molecule has 0 bridgehead atoms. The van der Waals surface area contributed by atoms with Gasteiger partial charge in [-0.15, -0.1) is 0 Å². The molecule has 0 saturated carbocycles. The van der Waals surface area contributed by atoms with Crippen LogP contribution < -0.4 is 4.90 Å². The molecule has 0 amide bonds. The molecule has 328 valence electrons. The first kappa shape index (κ1) is 41.2. The molecule has 2 heteroatoms. The quantitative estimate of drug-likeness (QED) is 0.149. The molecule has 70 heavy (non-hydrogen) atoms. The van der Waals surface area contributed by atoms with Gasteiger partial charge in [0.2, 0.25) is 0 Å². The lowest BCUT2D eigenvalue weighted by Gasteiger charge is -2.28. The van der Waals surface area contributed by atoms with Gasteiger partial charge in [-0.1, -0.05) is 202 Å². The van der Waals surface area contributed by atoms with Gasteiger partial charge in [-0.25, -0.2) is 0 Å². The molecule has 12 aromatic rings. The maximum Gasteiger partial charge on any atom is 0.0991 e. The van der Waals surface area contributed by atoms with Crippen LogP contribution in [0.3, 0.4) is 0 Å². The van der Waals surface area contributed by atoms with Gasteiger partial charge in [0.25, 0.3) is 0 Å². The number of benzene rings is 12. The maximum atomic E-state index is 9.65. The average molecular weight is 891 g/mol. The van der Waals surface area contributed by atoms with Crippen LogP contribution in [0.4, 0.5) is 17.1 Å². The molecule has 0 N–H and O–H groups in total. The van der Waals surface area contributed by atoms with Crippen molar-refractivity contribution in [3.05, 3.63) is 259 Å². The second-order valence-electron chi connectivity index (χ2n) is 19.1. The molecule has 1 aliphatic carbocycles. The smallest absolute Gasteiger partial charge is 0.0991 e. The molecule has 0 aliphatic heterocycles. The van der Waals surface area contributed by atoms with Crippen molar-refractivity contribution in [3.8, 4) is 61.7 Å². The third-order valence-electron chi connectivity index (χ3n) is 14.9. The summed E-state index contributed by atoms with van der Waals surface area (Å²) in [6.45, 7) is 4.64. The zero-order chi connectivity index (χ0) is 46.9. The van der Waals surface area contributed by atoms with Crippen molar-refractivity contribution in [1.29, 1.82) is 5.26 Å². The topological polar surface area (TPSA) is 27.0 Å². The third-order valence-corrected chi connectivity index (χ3v) is 14.9. The fourth-order valence-electron chi connectivity index (χ4n) is 11.4. The average Bonchev–Trinajstić information content (AvgIpc) is 3.65. The van der Waals surface area contributed by atoms with Crippen LogP contribution >= 0.6 is 0 Å². The molecule has 0 fully saturated rings. The number of nitrogens with zero attached hydrogens (tertiary/aromatic N) is 2. The van der Waals surface area contributed by atoms with Gasteiger partial charge in [-0.3, -0.25) is 0 Å². The predicted molar refractivity (Wildman–Crippen MR) is 295 cm³/mol. The molecule has 0 saturated heterocycles. The fourth-order valence-corrected chi connectivity index (χ4v) is 11.4. The molecule has 0 spiro atoms. The zero-order valence-corrected chi connectivity index (χ0v) is 39.0. The highest BCUT2D eigenvalue weighted by Crippen LogP contribution is 2.51. The second-order valence-corrected chi connectivity index (χ2v) is 19.1. The molecule has 13 rings (SSSR count). The molecular weight excluding hydrogens is 845 g/mol. The number of nitriles is 1. The Morgan fingerprint density at radius 2 is 0.757 bits per heavy atom. The molecule has 0 heterocycles. The molecule has 0 aromatic heterocycles. The minimum Gasteiger partial charge on any atom is -0.310 e. The SMILES string of the molecule is CC1(C)c2ccccc2-c2ccc(N(c3ccc(C#N)cc3)c3ccc(-c4ccc(-c5ccc6c(-c7cccc8ccccc78)c7ccccc7c(-c7cccc8ccccc78)c6c5)cc4)cc3)cc21. The Labute approximate surface area is 408 Å². The van der Waals surface area contributed by atoms with Gasteiger partial charge < -0.3 is 4.90 Å². The minimum absolute atomic E-state index is 0.130. The molecule has 2 nitrogen and oxygen atoms in total. The lowest BCUT2D eigenvalue weighted by Crippen LogP contribution is -2.16. The van der Waals surface area contributed by atoms with Crippen LogP contribution in [0.1, 0.15) is 30.5 Å². The Morgan fingerprint density at radius 1 is 0.329 bits per heavy atom. The number of hydrogen-bond donors (Lipinski definition) is 0. The Kier molecular flexibility index (Phi) is 9.61.